The zero-order valence-corrected chi connectivity index (χ0v) is 8.62. The smallest absolute Gasteiger partial charge is 0.231 e. The quantitative estimate of drug-likeness (QED) is 0.786. The molecule has 1 aromatic carbocycles. The molecule has 14 heavy (non-hydrogen) atoms. The SMILES string of the molecule is CC.OCCc1ccc2c(c1)OCO2. The Labute approximate surface area is 84.3 Å². The minimum Gasteiger partial charge on any atom is -0.454 e. The van der Waals surface area contributed by atoms with Gasteiger partial charge in [-0.2, -0.15) is 0 Å². The summed E-state index contributed by atoms with van der Waals surface area (Å²) < 4.78 is 10.3. The number of ether oxygens (including phenoxy) is 2. The highest BCUT2D eigenvalue weighted by Gasteiger charge is 2.12. The molecular weight excluding hydrogens is 180 g/mol. The predicted octanol–water partition coefficient (Wildman–Crippen LogP) is 1.98. The Bertz CT molecular complexity index is 284. The third-order valence-corrected chi connectivity index (χ3v) is 1.84. The topological polar surface area (TPSA) is 38.7 Å². The van der Waals surface area contributed by atoms with Gasteiger partial charge in [0.2, 0.25) is 6.79 Å². The van der Waals surface area contributed by atoms with E-state index in [2.05, 4.69) is 0 Å². The van der Waals surface area contributed by atoms with Crippen LogP contribution in [0.5, 0.6) is 11.5 Å². The number of aliphatic hydroxyl groups excluding tert-OH is 1. The van der Waals surface area contributed by atoms with Crippen LogP contribution < -0.4 is 9.47 Å². The monoisotopic (exact) mass is 196 g/mol. The van der Waals surface area contributed by atoms with Crippen molar-refractivity contribution in [2.75, 3.05) is 13.4 Å². The maximum atomic E-state index is 8.70. The number of hydrogen-bond acceptors (Lipinski definition) is 3. The predicted molar refractivity (Wildman–Crippen MR) is 54.7 cm³/mol. The Morgan fingerprint density at radius 1 is 1.21 bits per heavy atom. The second-order valence-corrected chi connectivity index (χ2v) is 2.66. The second-order valence-electron chi connectivity index (χ2n) is 2.66. The fraction of sp³-hybridized carbons (Fsp3) is 0.455. The first-order valence-electron chi connectivity index (χ1n) is 4.89. The Balaban J connectivity index is 0.000000461. The van der Waals surface area contributed by atoms with E-state index >= 15 is 0 Å². The van der Waals surface area contributed by atoms with Crippen LogP contribution in [0.15, 0.2) is 18.2 Å². The largest absolute Gasteiger partial charge is 0.454 e. The molecule has 3 nitrogen and oxygen atoms in total. The lowest BCUT2D eigenvalue weighted by molar-refractivity contribution is 0.174. The lowest BCUT2D eigenvalue weighted by Gasteiger charge is -1.99. The van der Waals surface area contributed by atoms with E-state index in [0.29, 0.717) is 13.2 Å². The van der Waals surface area contributed by atoms with Crippen LogP contribution >= 0.6 is 0 Å². The third-order valence-electron chi connectivity index (χ3n) is 1.84. The van der Waals surface area contributed by atoms with Crippen molar-refractivity contribution in [2.24, 2.45) is 0 Å². The molecule has 3 heteroatoms. The van der Waals surface area contributed by atoms with Crippen molar-refractivity contribution < 1.29 is 14.6 Å². The molecule has 1 aliphatic heterocycles. The Morgan fingerprint density at radius 3 is 2.64 bits per heavy atom. The summed E-state index contributed by atoms with van der Waals surface area (Å²) in [6, 6.07) is 5.70. The zero-order chi connectivity index (χ0) is 10.4. The minimum absolute atomic E-state index is 0.166. The van der Waals surface area contributed by atoms with Gasteiger partial charge in [-0.25, -0.2) is 0 Å². The number of fused-ring (bicyclic) bond motifs is 1. The molecule has 0 aliphatic carbocycles. The highest BCUT2D eigenvalue weighted by Crippen LogP contribution is 2.32. The normalized spacial score (nSPS) is 11.9. The maximum absolute atomic E-state index is 8.70. The highest BCUT2D eigenvalue weighted by molar-refractivity contribution is 5.44. The summed E-state index contributed by atoms with van der Waals surface area (Å²) in [7, 11) is 0. The van der Waals surface area contributed by atoms with Gasteiger partial charge in [-0.15, -0.1) is 0 Å². The molecule has 0 aromatic heterocycles. The lowest BCUT2D eigenvalue weighted by atomic mass is 10.1. The second kappa shape index (κ2) is 5.50. The molecule has 0 saturated heterocycles. The summed E-state index contributed by atoms with van der Waals surface area (Å²) >= 11 is 0. The van der Waals surface area contributed by atoms with Crippen molar-refractivity contribution in [3.8, 4) is 11.5 Å². The molecule has 0 saturated carbocycles. The molecule has 1 aliphatic rings. The van der Waals surface area contributed by atoms with Gasteiger partial charge in [0.1, 0.15) is 0 Å². The van der Waals surface area contributed by atoms with E-state index in [4.69, 9.17) is 14.6 Å². The summed E-state index contributed by atoms with van der Waals surface area (Å²) in [5.41, 5.74) is 1.07. The van der Waals surface area contributed by atoms with Crippen molar-refractivity contribution in [3.05, 3.63) is 23.8 Å². The zero-order valence-electron chi connectivity index (χ0n) is 8.62. The minimum atomic E-state index is 0.166. The summed E-state index contributed by atoms with van der Waals surface area (Å²) in [6.45, 7) is 4.47. The summed E-state index contributed by atoms with van der Waals surface area (Å²) in [4.78, 5) is 0. The van der Waals surface area contributed by atoms with Crippen molar-refractivity contribution in [1.82, 2.24) is 0 Å². The van der Waals surface area contributed by atoms with E-state index in [1.165, 1.54) is 0 Å². The Hall–Kier alpha value is -1.22. The number of benzene rings is 1. The molecule has 0 radical (unpaired) electrons. The molecule has 0 fully saturated rings. The van der Waals surface area contributed by atoms with Gasteiger partial charge in [-0.05, 0) is 24.1 Å². The standard InChI is InChI=1S/C9H10O3.C2H6/c10-4-3-7-1-2-8-9(5-7)12-6-11-8;1-2/h1-2,5,10H,3-4,6H2;1-2H3. The third kappa shape index (κ3) is 2.39. The van der Waals surface area contributed by atoms with Gasteiger partial charge in [-0.3, -0.25) is 0 Å². The van der Waals surface area contributed by atoms with Gasteiger partial charge in [0.25, 0.3) is 0 Å². The van der Waals surface area contributed by atoms with Crippen molar-refractivity contribution in [2.45, 2.75) is 20.3 Å². The van der Waals surface area contributed by atoms with Crippen molar-refractivity contribution in [1.29, 1.82) is 0 Å². The van der Waals surface area contributed by atoms with Crippen molar-refractivity contribution in [3.63, 3.8) is 0 Å². The summed E-state index contributed by atoms with van der Waals surface area (Å²) in [5.74, 6) is 1.57. The summed E-state index contributed by atoms with van der Waals surface area (Å²) in [6.07, 6.45) is 0.663. The van der Waals surface area contributed by atoms with Gasteiger partial charge >= 0.3 is 0 Å². The number of rotatable bonds is 2. The molecule has 1 aromatic rings. The van der Waals surface area contributed by atoms with Gasteiger partial charge in [-0.1, -0.05) is 19.9 Å². The number of aliphatic hydroxyl groups is 1. The fourth-order valence-electron chi connectivity index (χ4n) is 1.23. The molecular formula is C11H16O3. The van der Waals surface area contributed by atoms with Gasteiger partial charge < -0.3 is 14.6 Å². The Morgan fingerprint density at radius 2 is 1.93 bits per heavy atom. The van der Waals surface area contributed by atoms with Crippen LogP contribution in [0.2, 0.25) is 0 Å². The molecule has 2 rings (SSSR count). The number of hydrogen-bond donors (Lipinski definition) is 1. The van der Waals surface area contributed by atoms with Crippen LogP contribution in [0, 0.1) is 0 Å². The van der Waals surface area contributed by atoms with E-state index < -0.39 is 0 Å². The van der Waals surface area contributed by atoms with Gasteiger partial charge in [0.05, 0.1) is 0 Å². The molecule has 0 spiro atoms. The van der Waals surface area contributed by atoms with Crippen LogP contribution in [0.3, 0.4) is 0 Å². The van der Waals surface area contributed by atoms with E-state index in [1.807, 2.05) is 32.0 Å². The summed E-state index contributed by atoms with van der Waals surface area (Å²) in [5, 5.41) is 8.70. The first kappa shape index (κ1) is 10.9. The first-order valence-corrected chi connectivity index (χ1v) is 4.89. The Kier molecular flexibility index (Phi) is 4.26. The van der Waals surface area contributed by atoms with E-state index in [-0.39, 0.29) is 6.61 Å². The highest BCUT2D eigenvalue weighted by atomic mass is 16.7. The molecule has 0 bridgehead atoms. The molecule has 78 valence electrons. The average Bonchev–Trinajstić information content (AvgIpc) is 2.68. The van der Waals surface area contributed by atoms with Crippen LogP contribution in [0.4, 0.5) is 0 Å². The molecule has 0 atom stereocenters. The molecule has 1 N–H and O–H groups in total. The van der Waals surface area contributed by atoms with E-state index in [9.17, 15) is 0 Å². The van der Waals surface area contributed by atoms with Crippen molar-refractivity contribution >= 4 is 0 Å². The fourth-order valence-corrected chi connectivity index (χ4v) is 1.23. The van der Waals surface area contributed by atoms with Gasteiger partial charge in [0.15, 0.2) is 11.5 Å². The van der Waals surface area contributed by atoms with Crippen LogP contribution in [-0.2, 0) is 6.42 Å². The average molecular weight is 196 g/mol. The van der Waals surface area contributed by atoms with Crippen LogP contribution in [0.25, 0.3) is 0 Å². The van der Waals surface area contributed by atoms with E-state index in [0.717, 1.165) is 17.1 Å². The molecule has 0 amide bonds. The van der Waals surface area contributed by atoms with Crippen LogP contribution in [-0.4, -0.2) is 18.5 Å². The van der Waals surface area contributed by atoms with E-state index in [1.54, 1.807) is 0 Å². The first-order chi connectivity index (χ1) is 6.90. The molecule has 1 heterocycles. The maximum Gasteiger partial charge on any atom is 0.231 e. The van der Waals surface area contributed by atoms with Gasteiger partial charge in [0, 0.05) is 6.61 Å². The van der Waals surface area contributed by atoms with Crippen LogP contribution in [0.1, 0.15) is 19.4 Å². The molecule has 0 unspecified atom stereocenters. The lowest BCUT2D eigenvalue weighted by Crippen LogP contribution is -1.93.